The van der Waals surface area contributed by atoms with Gasteiger partial charge in [-0.2, -0.15) is 0 Å². The largest absolute Gasteiger partial charge is 0.460 e. The number of amides is 2. The van der Waals surface area contributed by atoms with Crippen molar-refractivity contribution in [2.75, 3.05) is 11.9 Å². The van der Waals surface area contributed by atoms with E-state index in [0.29, 0.717) is 11.1 Å². The Balaban J connectivity index is 1.90. The van der Waals surface area contributed by atoms with Gasteiger partial charge in [0.1, 0.15) is 24.0 Å². The molecule has 4 rings (SSSR count). The van der Waals surface area contributed by atoms with Gasteiger partial charge in [-0.15, -0.1) is 0 Å². The fourth-order valence-electron chi connectivity index (χ4n) is 3.97. The van der Waals surface area contributed by atoms with Gasteiger partial charge in [0.25, 0.3) is 11.8 Å². The predicted molar refractivity (Wildman–Crippen MR) is 124 cm³/mol. The van der Waals surface area contributed by atoms with E-state index in [1.165, 1.54) is 24.3 Å². The molecule has 1 aliphatic rings. The summed E-state index contributed by atoms with van der Waals surface area (Å²) >= 11 is 0. The number of nitrogens with one attached hydrogen (secondary N) is 2. The van der Waals surface area contributed by atoms with Gasteiger partial charge in [-0.1, -0.05) is 12.6 Å². The second-order valence-corrected chi connectivity index (χ2v) is 8.02. The molecule has 1 aromatic heterocycles. The zero-order valence-electron chi connectivity index (χ0n) is 19.3. The number of rotatable bonds is 6. The number of hydrogen-bond donors (Lipinski definition) is 2. The van der Waals surface area contributed by atoms with Crippen LogP contribution in [0.1, 0.15) is 56.3 Å². The summed E-state index contributed by atoms with van der Waals surface area (Å²) in [5.74, 6) is -4.31. The number of carbonyl (C=O) groups is 3. The van der Waals surface area contributed by atoms with Crippen molar-refractivity contribution >= 4 is 29.3 Å². The van der Waals surface area contributed by atoms with Crippen molar-refractivity contribution in [2.45, 2.75) is 26.6 Å². The smallest absolute Gasteiger partial charge is 0.375 e. The average molecular weight is 498 g/mol. The first-order chi connectivity index (χ1) is 17.1. The van der Waals surface area contributed by atoms with Crippen molar-refractivity contribution in [3.8, 4) is 0 Å². The Bertz CT molecular complexity index is 1420. The normalized spacial score (nSPS) is 14.8. The molecule has 0 aliphatic carbocycles. The van der Waals surface area contributed by atoms with Crippen LogP contribution in [0.5, 0.6) is 0 Å². The highest BCUT2D eigenvalue weighted by Crippen LogP contribution is 2.37. The van der Waals surface area contributed by atoms with Gasteiger partial charge >= 0.3 is 5.97 Å². The third-order valence-electron chi connectivity index (χ3n) is 5.61. The molecular weight excluding hydrogens is 477 g/mol. The zero-order chi connectivity index (χ0) is 26.1. The minimum atomic E-state index is -1.04. The summed E-state index contributed by atoms with van der Waals surface area (Å²) < 4.78 is 47.4. The van der Waals surface area contributed by atoms with Crippen molar-refractivity contribution in [1.29, 1.82) is 0 Å². The number of anilines is 1. The molecule has 36 heavy (non-hydrogen) atoms. The molecule has 1 aliphatic heterocycles. The van der Waals surface area contributed by atoms with E-state index < -0.39 is 42.1 Å². The Morgan fingerprint density at radius 1 is 1.19 bits per heavy atom. The summed E-state index contributed by atoms with van der Waals surface area (Å²) in [5, 5.41) is 5.19. The van der Waals surface area contributed by atoms with Crippen LogP contribution in [0.15, 0.2) is 43.0 Å². The molecular formula is C25H21F3N4O4. The maximum Gasteiger partial charge on any atom is 0.375 e. The minimum absolute atomic E-state index is 0.00310. The summed E-state index contributed by atoms with van der Waals surface area (Å²) in [7, 11) is 0. The van der Waals surface area contributed by atoms with Crippen LogP contribution in [0.25, 0.3) is 5.70 Å². The van der Waals surface area contributed by atoms with Crippen molar-refractivity contribution in [2.24, 2.45) is 0 Å². The average Bonchev–Trinajstić information content (AvgIpc) is 3.22. The maximum atomic E-state index is 14.2. The third-order valence-corrected chi connectivity index (χ3v) is 5.61. The molecule has 186 valence electrons. The molecule has 2 amide bonds. The van der Waals surface area contributed by atoms with E-state index in [1.54, 1.807) is 13.8 Å². The molecule has 0 saturated heterocycles. The van der Waals surface area contributed by atoms with Gasteiger partial charge in [-0.05, 0) is 60.9 Å². The van der Waals surface area contributed by atoms with Crippen LogP contribution in [0, 0.1) is 18.6 Å². The zero-order valence-corrected chi connectivity index (χ0v) is 19.3. The molecule has 0 fully saturated rings. The van der Waals surface area contributed by atoms with Gasteiger partial charge < -0.3 is 15.4 Å². The predicted octanol–water partition coefficient (Wildman–Crippen LogP) is 4.06. The van der Waals surface area contributed by atoms with Gasteiger partial charge in [-0.3, -0.25) is 14.2 Å². The van der Waals surface area contributed by atoms with E-state index in [4.69, 9.17) is 4.74 Å². The molecule has 0 saturated carbocycles. The molecule has 2 heterocycles. The van der Waals surface area contributed by atoms with Gasteiger partial charge in [0.15, 0.2) is 5.82 Å². The summed E-state index contributed by atoms with van der Waals surface area (Å²) in [6.07, 6.45) is 0. The van der Waals surface area contributed by atoms with Crippen LogP contribution < -0.4 is 10.6 Å². The van der Waals surface area contributed by atoms with Gasteiger partial charge in [-0.25, -0.2) is 22.9 Å². The third kappa shape index (κ3) is 4.47. The number of ether oxygens (including phenoxy) is 1. The number of benzene rings is 2. The summed E-state index contributed by atoms with van der Waals surface area (Å²) in [6.45, 7) is 6.00. The van der Waals surface area contributed by atoms with Gasteiger partial charge in [0.2, 0.25) is 5.82 Å². The van der Waals surface area contributed by atoms with E-state index in [2.05, 4.69) is 22.2 Å². The van der Waals surface area contributed by atoms with Crippen LogP contribution in [-0.4, -0.2) is 33.9 Å². The van der Waals surface area contributed by atoms with Crippen molar-refractivity contribution < 1.29 is 32.3 Å². The minimum Gasteiger partial charge on any atom is -0.460 e. The van der Waals surface area contributed by atoms with Crippen LogP contribution in [-0.2, 0) is 16.2 Å². The van der Waals surface area contributed by atoms with E-state index >= 15 is 0 Å². The number of nitrogens with zero attached hydrogens (tertiary/aromatic N) is 2. The van der Waals surface area contributed by atoms with E-state index in [9.17, 15) is 27.6 Å². The topological polar surface area (TPSA) is 102 Å². The van der Waals surface area contributed by atoms with Crippen LogP contribution in [0.2, 0.25) is 0 Å². The molecule has 0 radical (unpaired) electrons. The van der Waals surface area contributed by atoms with Crippen LogP contribution in [0.3, 0.4) is 0 Å². The monoisotopic (exact) mass is 498 g/mol. The summed E-state index contributed by atoms with van der Waals surface area (Å²) in [6, 6.07) is 5.96. The first-order valence-corrected chi connectivity index (χ1v) is 10.9. The van der Waals surface area contributed by atoms with E-state index in [1.807, 2.05) is 0 Å². The second kappa shape index (κ2) is 9.68. The molecule has 1 unspecified atom stereocenters. The lowest BCUT2D eigenvalue weighted by Gasteiger charge is -2.29. The molecule has 2 aromatic carbocycles. The molecule has 3 aromatic rings. The fourth-order valence-corrected chi connectivity index (χ4v) is 3.97. The first kappa shape index (κ1) is 24.7. The quantitative estimate of drug-likeness (QED) is 0.394. The number of fused-ring (bicyclic) bond motifs is 1. The number of alkyl halides is 1. The number of carbonyl (C=O) groups excluding carboxylic acids is 3. The highest BCUT2D eigenvalue weighted by atomic mass is 19.1. The lowest BCUT2D eigenvalue weighted by molar-refractivity contribution is -0.116. The first-order valence-electron chi connectivity index (χ1n) is 10.9. The number of esters is 1. The highest BCUT2D eigenvalue weighted by molar-refractivity contribution is 6.16. The second-order valence-electron chi connectivity index (χ2n) is 8.02. The van der Waals surface area contributed by atoms with Crippen molar-refractivity contribution in [1.82, 2.24) is 14.9 Å². The van der Waals surface area contributed by atoms with E-state index in [-0.39, 0.29) is 40.8 Å². The number of hydrogen-bond acceptors (Lipinski definition) is 5. The number of imidazole rings is 1. The number of halogens is 3. The SMILES string of the molecule is C=C1C(=O)NC(c2cc(F)ccc2C)c2c(NC(=O)c3cc(F)cc(CF)c3)nc(C(=O)OCC)n21. The highest BCUT2D eigenvalue weighted by Gasteiger charge is 2.38. The lowest BCUT2D eigenvalue weighted by atomic mass is 9.96. The molecule has 0 spiro atoms. The lowest BCUT2D eigenvalue weighted by Crippen LogP contribution is -2.39. The standard InChI is InChI=1S/C25H21F3N4O4/c1-4-36-25(35)22-30-21(31-24(34)15-7-14(11-26)8-17(28)9-15)20-19(29-23(33)13(3)32(20)22)18-10-16(27)6-5-12(18)2/h5-10,19H,3-4,11H2,1-2H3,(H,29,33)(H,31,34). The van der Waals surface area contributed by atoms with Crippen LogP contribution in [0.4, 0.5) is 19.0 Å². The van der Waals surface area contributed by atoms with Crippen LogP contribution >= 0.6 is 0 Å². The molecule has 8 nitrogen and oxygen atoms in total. The Labute approximate surface area is 203 Å². The maximum absolute atomic E-state index is 14.2. The van der Waals surface area contributed by atoms with E-state index in [0.717, 1.165) is 16.7 Å². The van der Waals surface area contributed by atoms with Crippen molar-refractivity contribution in [3.05, 3.63) is 88.4 Å². The molecule has 1 atom stereocenters. The molecule has 11 heteroatoms. The Morgan fingerprint density at radius 2 is 1.94 bits per heavy atom. The summed E-state index contributed by atoms with van der Waals surface area (Å²) in [5.41, 5.74) is 0.624. The number of aryl methyl sites for hydroxylation is 1. The Kier molecular flexibility index (Phi) is 6.65. The fraction of sp³-hybridized carbons (Fsp3) is 0.200. The molecule has 0 bridgehead atoms. The molecule has 2 N–H and O–H groups in total. The van der Waals surface area contributed by atoms with Crippen molar-refractivity contribution in [3.63, 3.8) is 0 Å². The Hall–Kier alpha value is -4.41. The Morgan fingerprint density at radius 3 is 2.64 bits per heavy atom. The van der Waals surface area contributed by atoms with Gasteiger partial charge in [0.05, 0.1) is 18.3 Å². The number of aromatic nitrogens is 2. The van der Waals surface area contributed by atoms with Gasteiger partial charge in [0, 0.05) is 5.56 Å². The summed E-state index contributed by atoms with van der Waals surface area (Å²) in [4.78, 5) is 42.6.